The van der Waals surface area contributed by atoms with Crippen molar-refractivity contribution in [2.75, 3.05) is 20.1 Å². The summed E-state index contributed by atoms with van der Waals surface area (Å²) in [7, 11) is 2.01. The number of hydrogen-bond acceptors (Lipinski definition) is 2. The number of nitrogens with one attached hydrogen (secondary N) is 2. The van der Waals surface area contributed by atoms with E-state index in [-0.39, 0.29) is 0 Å². The lowest BCUT2D eigenvalue weighted by molar-refractivity contribution is 0.445. The minimum Gasteiger partial charge on any atom is -0.319 e. The van der Waals surface area contributed by atoms with Crippen molar-refractivity contribution in [2.24, 2.45) is 5.92 Å². The van der Waals surface area contributed by atoms with E-state index in [4.69, 9.17) is 0 Å². The Labute approximate surface area is 107 Å². The van der Waals surface area contributed by atoms with Crippen molar-refractivity contribution >= 4 is 15.9 Å². The molecule has 0 saturated carbocycles. The summed E-state index contributed by atoms with van der Waals surface area (Å²) in [6.07, 6.45) is 1.22. The second-order valence-corrected chi connectivity index (χ2v) is 5.00. The van der Waals surface area contributed by atoms with E-state index in [2.05, 4.69) is 57.8 Å². The van der Waals surface area contributed by atoms with Crippen molar-refractivity contribution in [3.05, 3.63) is 34.3 Å². The van der Waals surface area contributed by atoms with Gasteiger partial charge in [-0.05, 0) is 43.8 Å². The van der Waals surface area contributed by atoms with Crippen LogP contribution in [-0.4, -0.2) is 20.1 Å². The van der Waals surface area contributed by atoms with Gasteiger partial charge in [-0.1, -0.05) is 41.4 Å². The highest BCUT2D eigenvalue weighted by Crippen LogP contribution is 2.10. The van der Waals surface area contributed by atoms with E-state index in [0.717, 1.165) is 30.0 Å². The molecule has 1 atom stereocenters. The molecule has 0 amide bonds. The quantitative estimate of drug-likeness (QED) is 0.805. The Bertz CT molecular complexity index is 284. The maximum absolute atomic E-state index is 3.50. The molecule has 1 rings (SSSR count). The highest BCUT2D eigenvalue weighted by atomic mass is 79.9. The largest absolute Gasteiger partial charge is 0.319 e. The van der Waals surface area contributed by atoms with Crippen LogP contribution in [0.2, 0.25) is 0 Å². The van der Waals surface area contributed by atoms with Crippen molar-refractivity contribution in [3.8, 4) is 0 Å². The van der Waals surface area contributed by atoms with Crippen molar-refractivity contribution in [1.29, 1.82) is 0 Å². The highest BCUT2D eigenvalue weighted by molar-refractivity contribution is 9.10. The zero-order valence-corrected chi connectivity index (χ0v) is 11.7. The van der Waals surface area contributed by atoms with Gasteiger partial charge in [-0.25, -0.2) is 0 Å². The first-order valence-corrected chi connectivity index (χ1v) is 6.65. The molecule has 0 aliphatic rings. The summed E-state index contributed by atoms with van der Waals surface area (Å²) < 4.78 is 1.14. The molecule has 0 fully saturated rings. The second kappa shape index (κ2) is 7.82. The molecule has 0 bridgehead atoms. The normalized spacial score (nSPS) is 12.7. The predicted molar refractivity (Wildman–Crippen MR) is 73.6 cm³/mol. The average Bonchev–Trinajstić information content (AvgIpc) is 2.30. The van der Waals surface area contributed by atoms with Gasteiger partial charge < -0.3 is 10.6 Å². The van der Waals surface area contributed by atoms with Crippen LogP contribution in [0.3, 0.4) is 0 Å². The van der Waals surface area contributed by atoms with Gasteiger partial charge in [0.15, 0.2) is 0 Å². The summed E-state index contributed by atoms with van der Waals surface area (Å²) in [6.45, 7) is 5.36. The average molecular weight is 285 g/mol. The van der Waals surface area contributed by atoms with Gasteiger partial charge >= 0.3 is 0 Å². The van der Waals surface area contributed by atoms with Crippen LogP contribution in [0.5, 0.6) is 0 Å². The lowest BCUT2D eigenvalue weighted by Gasteiger charge is -2.15. The van der Waals surface area contributed by atoms with Gasteiger partial charge in [-0.15, -0.1) is 0 Å². The van der Waals surface area contributed by atoms with Crippen molar-refractivity contribution < 1.29 is 0 Å². The summed E-state index contributed by atoms with van der Waals surface area (Å²) in [6, 6.07) is 8.47. The Hall–Kier alpha value is -0.380. The molecular formula is C13H21BrN2. The minimum absolute atomic E-state index is 0.723. The molecule has 16 heavy (non-hydrogen) atoms. The van der Waals surface area contributed by atoms with E-state index in [9.17, 15) is 0 Å². The van der Waals surface area contributed by atoms with Gasteiger partial charge in [0.2, 0.25) is 0 Å². The molecule has 0 aromatic heterocycles. The number of rotatable bonds is 7. The number of benzene rings is 1. The lowest BCUT2D eigenvalue weighted by Crippen LogP contribution is -2.29. The molecular weight excluding hydrogens is 264 g/mol. The molecule has 0 aliphatic heterocycles. The van der Waals surface area contributed by atoms with Gasteiger partial charge in [0.05, 0.1) is 0 Å². The van der Waals surface area contributed by atoms with E-state index < -0.39 is 0 Å². The van der Waals surface area contributed by atoms with Crippen LogP contribution >= 0.6 is 15.9 Å². The van der Waals surface area contributed by atoms with Crippen LogP contribution in [0.1, 0.15) is 18.9 Å². The first-order valence-electron chi connectivity index (χ1n) is 5.86. The zero-order chi connectivity index (χ0) is 11.8. The molecule has 0 aliphatic carbocycles. The molecule has 0 spiro atoms. The standard InChI is InChI=1S/C13H21BrN2/c1-3-11(8-15-2)9-16-10-12-4-6-13(14)7-5-12/h4-7,11,15-16H,3,8-10H2,1-2H3. The van der Waals surface area contributed by atoms with E-state index in [1.54, 1.807) is 0 Å². The molecule has 1 unspecified atom stereocenters. The van der Waals surface area contributed by atoms with Gasteiger partial charge in [-0.3, -0.25) is 0 Å². The third kappa shape index (κ3) is 5.10. The Morgan fingerprint density at radius 1 is 1.19 bits per heavy atom. The SMILES string of the molecule is CCC(CNC)CNCc1ccc(Br)cc1. The molecule has 2 N–H and O–H groups in total. The van der Waals surface area contributed by atoms with Crippen molar-refractivity contribution in [3.63, 3.8) is 0 Å². The first-order chi connectivity index (χ1) is 7.76. The van der Waals surface area contributed by atoms with Crippen LogP contribution in [0.15, 0.2) is 28.7 Å². The Kier molecular flexibility index (Phi) is 6.69. The van der Waals surface area contributed by atoms with Crippen LogP contribution in [0.4, 0.5) is 0 Å². The molecule has 0 radical (unpaired) electrons. The van der Waals surface area contributed by atoms with E-state index in [1.165, 1.54) is 12.0 Å². The summed E-state index contributed by atoms with van der Waals surface area (Å²) in [5.41, 5.74) is 1.34. The first kappa shape index (κ1) is 13.7. The van der Waals surface area contributed by atoms with Crippen LogP contribution < -0.4 is 10.6 Å². The van der Waals surface area contributed by atoms with Crippen LogP contribution in [0.25, 0.3) is 0 Å². The molecule has 0 saturated heterocycles. The third-order valence-corrected chi connectivity index (χ3v) is 3.27. The molecule has 2 nitrogen and oxygen atoms in total. The molecule has 0 heterocycles. The maximum atomic E-state index is 3.50. The summed E-state index contributed by atoms with van der Waals surface area (Å²) in [4.78, 5) is 0. The summed E-state index contributed by atoms with van der Waals surface area (Å²) >= 11 is 3.44. The third-order valence-electron chi connectivity index (χ3n) is 2.75. The number of hydrogen-bond donors (Lipinski definition) is 2. The topological polar surface area (TPSA) is 24.1 Å². The fourth-order valence-corrected chi connectivity index (χ4v) is 1.94. The summed E-state index contributed by atoms with van der Waals surface area (Å²) in [5, 5.41) is 6.73. The minimum atomic E-state index is 0.723. The van der Waals surface area contributed by atoms with Gasteiger partial charge in [0, 0.05) is 11.0 Å². The van der Waals surface area contributed by atoms with Crippen molar-refractivity contribution in [1.82, 2.24) is 10.6 Å². The Morgan fingerprint density at radius 3 is 2.44 bits per heavy atom. The van der Waals surface area contributed by atoms with E-state index >= 15 is 0 Å². The zero-order valence-electron chi connectivity index (χ0n) is 10.1. The van der Waals surface area contributed by atoms with E-state index in [0.29, 0.717) is 0 Å². The Morgan fingerprint density at radius 2 is 1.88 bits per heavy atom. The predicted octanol–water partition coefficient (Wildman–Crippen LogP) is 2.78. The van der Waals surface area contributed by atoms with Gasteiger partial charge in [0.25, 0.3) is 0 Å². The monoisotopic (exact) mass is 284 g/mol. The van der Waals surface area contributed by atoms with Crippen LogP contribution in [-0.2, 0) is 6.54 Å². The van der Waals surface area contributed by atoms with Gasteiger partial charge in [0.1, 0.15) is 0 Å². The molecule has 1 aromatic rings. The fourth-order valence-electron chi connectivity index (χ4n) is 1.67. The highest BCUT2D eigenvalue weighted by Gasteiger charge is 2.03. The Balaban J connectivity index is 2.26. The van der Waals surface area contributed by atoms with Crippen molar-refractivity contribution in [2.45, 2.75) is 19.9 Å². The molecule has 3 heteroatoms. The maximum Gasteiger partial charge on any atom is 0.0205 e. The second-order valence-electron chi connectivity index (χ2n) is 4.09. The summed E-state index contributed by atoms with van der Waals surface area (Å²) in [5.74, 6) is 0.723. The fraction of sp³-hybridized carbons (Fsp3) is 0.538. The lowest BCUT2D eigenvalue weighted by atomic mass is 10.1. The van der Waals surface area contributed by atoms with Crippen LogP contribution in [0, 0.1) is 5.92 Å². The number of halogens is 1. The van der Waals surface area contributed by atoms with Gasteiger partial charge in [-0.2, -0.15) is 0 Å². The molecule has 90 valence electrons. The smallest absolute Gasteiger partial charge is 0.0205 e. The molecule has 1 aromatic carbocycles. The van der Waals surface area contributed by atoms with E-state index in [1.807, 2.05) is 7.05 Å².